The van der Waals surface area contributed by atoms with Crippen molar-refractivity contribution in [2.24, 2.45) is 0 Å². The maximum Gasteiger partial charge on any atom is 0.272 e. The molecule has 0 aliphatic carbocycles. The van der Waals surface area contributed by atoms with E-state index in [1.807, 2.05) is 6.92 Å². The minimum atomic E-state index is -0.528. The number of rotatable bonds is 6. The number of halogens is 2. The predicted molar refractivity (Wildman–Crippen MR) is 121 cm³/mol. The van der Waals surface area contributed by atoms with E-state index in [1.54, 1.807) is 48.5 Å². The summed E-state index contributed by atoms with van der Waals surface area (Å²) in [5.41, 5.74) is 1.03. The first-order valence-corrected chi connectivity index (χ1v) is 10.7. The lowest BCUT2D eigenvalue weighted by Gasteiger charge is -2.15. The molecule has 7 heteroatoms. The molecule has 4 nitrogen and oxygen atoms in total. The monoisotopic (exact) mass is 453 g/mol. The molecule has 1 heterocycles. The molecular formula is C24H17ClFNO3S. The standard InChI is InChI=1S/C24H17ClFNO3S/c1-2-30-19-10-6-15(7-11-19)21-22(31-20-12-8-16(25)9-13-20)24(29)27(23(21)28)18-5-3-4-17(26)14-18/h3-14H,2H2,1H3. The third kappa shape index (κ3) is 4.36. The van der Waals surface area contributed by atoms with Crippen LogP contribution in [-0.4, -0.2) is 18.4 Å². The molecule has 0 atom stereocenters. The molecular weight excluding hydrogens is 437 g/mol. The van der Waals surface area contributed by atoms with E-state index in [4.69, 9.17) is 16.3 Å². The number of amides is 2. The molecule has 156 valence electrons. The highest BCUT2D eigenvalue weighted by Crippen LogP contribution is 2.41. The molecule has 1 aliphatic rings. The average Bonchev–Trinajstić information content (AvgIpc) is 3.00. The van der Waals surface area contributed by atoms with E-state index < -0.39 is 17.6 Å². The van der Waals surface area contributed by atoms with E-state index in [0.29, 0.717) is 22.9 Å². The fourth-order valence-corrected chi connectivity index (χ4v) is 4.33. The Morgan fingerprint density at radius 2 is 1.68 bits per heavy atom. The number of nitrogens with zero attached hydrogens (tertiary/aromatic N) is 1. The summed E-state index contributed by atoms with van der Waals surface area (Å²) in [7, 11) is 0. The summed E-state index contributed by atoms with van der Waals surface area (Å²) in [6.07, 6.45) is 0. The van der Waals surface area contributed by atoms with Gasteiger partial charge in [0.05, 0.1) is 22.8 Å². The van der Waals surface area contributed by atoms with Crippen LogP contribution in [0.1, 0.15) is 12.5 Å². The SMILES string of the molecule is CCOc1ccc(C2=C(Sc3ccc(Cl)cc3)C(=O)N(c3cccc(F)c3)C2=O)cc1. The van der Waals surface area contributed by atoms with Crippen LogP contribution in [0.25, 0.3) is 5.57 Å². The number of carbonyl (C=O) groups excluding carboxylic acids is 2. The van der Waals surface area contributed by atoms with Crippen LogP contribution >= 0.6 is 23.4 Å². The number of hydrogen-bond donors (Lipinski definition) is 0. The second-order valence-electron chi connectivity index (χ2n) is 6.64. The first-order valence-electron chi connectivity index (χ1n) is 9.53. The van der Waals surface area contributed by atoms with Crippen LogP contribution in [0.4, 0.5) is 10.1 Å². The highest BCUT2D eigenvalue weighted by molar-refractivity contribution is 8.04. The molecule has 0 saturated carbocycles. The van der Waals surface area contributed by atoms with E-state index >= 15 is 0 Å². The summed E-state index contributed by atoms with van der Waals surface area (Å²) in [4.78, 5) is 28.7. The Morgan fingerprint density at radius 1 is 0.968 bits per heavy atom. The molecule has 0 saturated heterocycles. The van der Waals surface area contributed by atoms with E-state index in [1.165, 1.54) is 36.0 Å². The minimum absolute atomic E-state index is 0.185. The van der Waals surface area contributed by atoms with Gasteiger partial charge in [-0.3, -0.25) is 9.59 Å². The topological polar surface area (TPSA) is 46.6 Å². The fraction of sp³-hybridized carbons (Fsp3) is 0.0833. The molecule has 0 radical (unpaired) electrons. The molecule has 0 unspecified atom stereocenters. The summed E-state index contributed by atoms with van der Waals surface area (Å²) in [5, 5.41) is 0.570. The van der Waals surface area contributed by atoms with E-state index in [2.05, 4.69) is 0 Å². The lowest BCUT2D eigenvalue weighted by molar-refractivity contribution is -0.119. The zero-order valence-corrected chi connectivity index (χ0v) is 18.0. The van der Waals surface area contributed by atoms with Gasteiger partial charge in [-0.2, -0.15) is 0 Å². The Hall–Kier alpha value is -3.09. The number of thioether (sulfide) groups is 1. The van der Waals surface area contributed by atoms with Crippen molar-refractivity contribution in [2.75, 3.05) is 11.5 Å². The number of imide groups is 1. The summed E-state index contributed by atoms with van der Waals surface area (Å²) < 4.78 is 19.3. The summed E-state index contributed by atoms with van der Waals surface area (Å²) in [6, 6.07) is 19.4. The maximum atomic E-state index is 13.8. The normalized spacial score (nSPS) is 13.8. The molecule has 0 N–H and O–H groups in total. The third-order valence-corrected chi connectivity index (χ3v) is 5.94. The number of hydrogen-bond acceptors (Lipinski definition) is 4. The van der Waals surface area contributed by atoms with Gasteiger partial charge in [0.2, 0.25) is 0 Å². The van der Waals surface area contributed by atoms with Crippen molar-refractivity contribution in [3.8, 4) is 5.75 Å². The average molecular weight is 454 g/mol. The van der Waals surface area contributed by atoms with Crippen molar-refractivity contribution in [1.29, 1.82) is 0 Å². The van der Waals surface area contributed by atoms with Crippen molar-refractivity contribution in [1.82, 2.24) is 0 Å². The van der Waals surface area contributed by atoms with Gasteiger partial charge in [-0.25, -0.2) is 9.29 Å². The van der Waals surface area contributed by atoms with Gasteiger partial charge in [0.25, 0.3) is 11.8 Å². The molecule has 0 fully saturated rings. The van der Waals surface area contributed by atoms with E-state index in [0.717, 1.165) is 9.80 Å². The molecule has 0 spiro atoms. The van der Waals surface area contributed by atoms with Crippen LogP contribution in [0.5, 0.6) is 5.75 Å². The Morgan fingerprint density at radius 3 is 2.32 bits per heavy atom. The van der Waals surface area contributed by atoms with Crippen LogP contribution in [0, 0.1) is 5.82 Å². The lowest BCUT2D eigenvalue weighted by Crippen LogP contribution is -2.31. The van der Waals surface area contributed by atoms with Crippen LogP contribution in [0.15, 0.2) is 82.6 Å². The Kier molecular flexibility index (Phi) is 6.11. The van der Waals surface area contributed by atoms with Gasteiger partial charge in [0.15, 0.2) is 0 Å². The Labute approximate surface area is 188 Å². The van der Waals surface area contributed by atoms with Gasteiger partial charge < -0.3 is 4.74 Å². The van der Waals surface area contributed by atoms with Crippen molar-refractivity contribution in [3.63, 3.8) is 0 Å². The molecule has 0 aromatic heterocycles. The lowest BCUT2D eigenvalue weighted by atomic mass is 10.1. The van der Waals surface area contributed by atoms with Crippen LogP contribution in [0.3, 0.4) is 0 Å². The third-order valence-electron chi connectivity index (χ3n) is 4.60. The Bertz CT molecular complexity index is 1180. The number of anilines is 1. The second kappa shape index (κ2) is 8.96. The number of ether oxygens (including phenoxy) is 1. The van der Waals surface area contributed by atoms with Gasteiger partial charge in [0.1, 0.15) is 11.6 Å². The molecule has 4 rings (SSSR count). The molecule has 3 aromatic rings. The van der Waals surface area contributed by atoms with E-state index in [9.17, 15) is 14.0 Å². The number of benzene rings is 3. The molecule has 1 aliphatic heterocycles. The van der Waals surface area contributed by atoms with Crippen molar-refractivity contribution >= 4 is 46.4 Å². The largest absolute Gasteiger partial charge is 0.494 e. The van der Waals surface area contributed by atoms with Gasteiger partial charge in [-0.15, -0.1) is 0 Å². The summed E-state index contributed by atoms with van der Waals surface area (Å²) in [6.45, 7) is 2.40. The van der Waals surface area contributed by atoms with Crippen molar-refractivity contribution in [2.45, 2.75) is 11.8 Å². The van der Waals surface area contributed by atoms with Crippen LogP contribution in [0.2, 0.25) is 5.02 Å². The first-order chi connectivity index (χ1) is 15.0. The second-order valence-corrected chi connectivity index (χ2v) is 8.16. The zero-order valence-electron chi connectivity index (χ0n) is 16.5. The highest BCUT2D eigenvalue weighted by Gasteiger charge is 2.40. The maximum absolute atomic E-state index is 13.8. The van der Waals surface area contributed by atoms with Crippen molar-refractivity contribution < 1.29 is 18.7 Å². The van der Waals surface area contributed by atoms with Crippen molar-refractivity contribution in [3.05, 3.63) is 94.1 Å². The Balaban J connectivity index is 1.79. The summed E-state index contributed by atoms with van der Waals surface area (Å²) >= 11 is 7.14. The fourth-order valence-electron chi connectivity index (χ4n) is 3.21. The van der Waals surface area contributed by atoms with Gasteiger partial charge in [-0.05, 0) is 67.1 Å². The summed E-state index contributed by atoms with van der Waals surface area (Å²) in [5.74, 6) is -0.868. The zero-order chi connectivity index (χ0) is 22.0. The van der Waals surface area contributed by atoms with Gasteiger partial charge in [-0.1, -0.05) is 41.6 Å². The first kappa shape index (κ1) is 21.2. The van der Waals surface area contributed by atoms with E-state index in [-0.39, 0.29) is 16.2 Å². The molecule has 0 bridgehead atoms. The predicted octanol–water partition coefficient (Wildman–Crippen LogP) is 5.95. The molecule has 2 amide bonds. The number of carbonyl (C=O) groups is 2. The van der Waals surface area contributed by atoms with Crippen LogP contribution < -0.4 is 9.64 Å². The quantitative estimate of drug-likeness (QED) is 0.432. The van der Waals surface area contributed by atoms with Gasteiger partial charge >= 0.3 is 0 Å². The molecule has 3 aromatic carbocycles. The van der Waals surface area contributed by atoms with Gasteiger partial charge in [0, 0.05) is 9.92 Å². The molecule has 31 heavy (non-hydrogen) atoms. The highest BCUT2D eigenvalue weighted by atomic mass is 35.5. The van der Waals surface area contributed by atoms with Crippen LogP contribution in [-0.2, 0) is 9.59 Å². The minimum Gasteiger partial charge on any atom is -0.494 e. The smallest absolute Gasteiger partial charge is 0.272 e.